The zero-order chi connectivity index (χ0) is 15.2. The number of aliphatic hydroxyl groups is 1. The lowest BCUT2D eigenvalue weighted by atomic mass is 10.1. The minimum Gasteiger partial charge on any atom is -0.393 e. The molecule has 1 aromatic carbocycles. The summed E-state index contributed by atoms with van der Waals surface area (Å²) in [6.07, 6.45) is 3.25. The maximum atomic E-state index is 12.0. The van der Waals surface area contributed by atoms with E-state index in [1.54, 1.807) is 24.3 Å². The van der Waals surface area contributed by atoms with Crippen molar-refractivity contribution in [2.45, 2.75) is 44.8 Å². The number of carbonyl (C=O) groups is 1. The van der Waals surface area contributed by atoms with Gasteiger partial charge in [-0.3, -0.25) is 9.69 Å². The third-order valence-corrected chi connectivity index (χ3v) is 4.12. The number of likely N-dealkylation sites (tertiary alicyclic amines) is 1. The zero-order valence-electron chi connectivity index (χ0n) is 12.4. The van der Waals surface area contributed by atoms with Gasteiger partial charge in [0.1, 0.15) is 0 Å². The first kappa shape index (κ1) is 16.3. The van der Waals surface area contributed by atoms with Gasteiger partial charge >= 0.3 is 0 Å². The third kappa shape index (κ3) is 5.30. The molecule has 0 radical (unpaired) electrons. The normalized spacial score (nSPS) is 20.4. The minimum atomic E-state index is -0.279. The van der Waals surface area contributed by atoms with Gasteiger partial charge in [0.05, 0.1) is 6.10 Å². The van der Waals surface area contributed by atoms with Crippen LogP contribution in [-0.2, 0) is 4.79 Å². The van der Waals surface area contributed by atoms with Gasteiger partial charge in [-0.2, -0.15) is 0 Å². The molecule has 0 saturated carbocycles. The largest absolute Gasteiger partial charge is 0.393 e. The lowest BCUT2D eigenvalue weighted by Gasteiger charge is -2.25. The maximum Gasteiger partial charge on any atom is 0.225 e. The molecule has 21 heavy (non-hydrogen) atoms. The monoisotopic (exact) mass is 310 g/mol. The predicted octanol–water partition coefficient (Wildman–Crippen LogP) is 2.90. The molecule has 116 valence electrons. The number of benzene rings is 1. The van der Waals surface area contributed by atoms with Gasteiger partial charge in [-0.25, -0.2) is 0 Å². The van der Waals surface area contributed by atoms with Gasteiger partial charge in [0.2, 0.25) is 5.91 Å². The highest BCUT2D eigenvalue weighted by Crippen LogP contribution is 2.21. The Morgan fingerprint density at radius 1 is 1.48 bits per heavy atom. The second kappa shape index (κ2) is 7.78. The number of aliphatic hydroxyl groups excluding tert-OH is 1. The van der Waals surface area contributed by atoms with Crippen LogP contribution in [0, 0.1) is 0 Å². The molecule has 4 nitrogen and oxygen atoms in total. The number of carbonyl (C=O) groups excluding carboxylic acids is 1. The smallest absolute Gasteiger partial charge is 0.225 e. The quantitative estimate of drug-likeness (QED) is 0.849. The van der Waals surface area contributed by atoms with Crippen LogP contribution in [-0.4, -0.2) is 41.1 Å². The molecular formula is C16H23ClN2O2. The van der Waals surface area contributed by atoms with E-state index in [0.717, 1.165) is 38.0 Å². The summed E-state index contributed by atoms with van der Waals surface area (Å²) in [6.45, 7) is 3.59. The highest BCUT2D eigenvalue weighted by molar-refractivity contribution is 6.30. The fraction of sp³-hybridized carbons (Fsp3) is 0.562. The number of amides is 1. The lowest BCUT2D eigenvalue weighted by molar-refractivity contribution is -0.116. The first-order chi connectivity index (χ1) is 10.0. The summed E-state index contributed by atoms with van der Waals surface area (Å²) in [6, 6.07) is 7.53. The van der Waals surface area contributed by atoms with E-state index in [4.69, 9.17) is 11.6 Å². The van der Waals surface area contributed by atoms with Crippen LogP contribution in [0.25, 0.3) is 0 Å². The predicted molar refractivity (Wildman–Crippen MR) is 85.6 cm³/mol. The minimum absolute atomic E-state index is 0.0139. The van der Waals surface area contributed by atoms with Crippen molar-refractivity contribution < 1.29 is 9.90 Å². The molecule has 2 N–H and O–H groups in total. The molecule has 1 saturated heterocycles. The van der Waals surface area contributed by atoms with E-state index >= 15 is 0 Å². The maximum absolute atomic E-state index is 12.0. The first-order valence-electron chi connectivity index (χ1n) is 7.52. The second-order valence-electron chi connectivity index (χ2n) is 5.72. The summed E-state index contributed by atoms with van der Waals surface area (Å²) < 4.78 is 0. The van der Waals surface area contributed by atoms with Gasteiger partial charge in [0.15, 0.2) is 0 Å². The van der Waals surface area contributed by atoms with Gasteiger partial charge in [0, 0.05) is 29.7 Å². The number of nitrogens with zero attached hydrogens (tertiary/aromatic N) is 1. The van der Waals surface area contributed by atoms with Crippen molar-refractivity contribution >= 4 is 23.2 Å². The van der Waals surface area contributed by atoms with Crippen LogP contribution in [0.2, 0.25) is 5.02 Å². The lowest BCUT2D eigenvalue weighted by Crippen LogP contribution is -2.34. The van der Waals surface area contributed by atoms with E-state index in [9.17, 15) is 9.90 Å². The highest BCUT2D eigenvalue weighted by Gasteiger charge is 2.25. The van der Waals surface area contributed by atoms with Crippen molar-refractivity contribution in [2.24, 2.45) is 0 Å². The van der Waals surface area contributed by atoms with Gasteiger partial charge in [-0.1, -0.05) is 11.6 Å². The number of halogens is 1. The Labute approximate surface area is 131 Å². The second-order valence-corrected chi connectivity index (χ2v) is 6.16. The Balaban J connectivity index is 1.76. The summed E-state index contributed by atoms with van der Waals surface area (Å²) >= 11 is 5.81. The summed E-state index contributed by atoms with van der Waals surface area (Å²) in [4.78, 5) is 14.3. The number of hydrogen-bond acceptors (Lipinski definition) is 3. The number of anilines is 1. The van der Waals surface area contributed by atoms with E-state index in [1.807, 2.05) is 6.92 Å². The van der Waals surface area contributed by atoms with Crippen LogP contribution in [0.5, 0.6) is 0 Å². The zero-order valence-corrected chi connectivity index (χ0v) is 13.1. The van der Waals surface area contributed by atoms with E-state index in [1.165, 1.54) is 0 Å². The molecule has 0 spiro atoms. The van der Waals surface area contributed by atoms with E-state index in [0.29, 0.717) is 17.5 Å². The van der Waals surface area contributed by atoms with Crippen LogP contribution < -0.4 is 5.32 Å². The molecule has 2 rings (SSSR count). The molecule has 0 aliphatic carbocycles. The van der Waals surface area contributed by atoms with Gasteiger partial charge < -0.3 is 10.4 Å². The number of hydrogen-bond donors (Lipinski definition) is 2. The molecular weight excluding hydrogens is 288 g/mol. The van der Waals surface area contributed by atoms with Crippen LogP contribution in [0.15, 0.2) is 24.3 Å². The van der Waals surface area contributed by atoms with Crippen molar-refractivity contribution in [3.63, 3.8) is 0 Å². The average Bonchev–Trinajstić information content (AvgIpc) is 2.85. The van der Waals surface area contributed by atoms with Crippen LogP contribution in [0.1, 0.15) is 32.6 Å². The van der Waals surface area contributed by atoms with Crippen molar-refractivity contribution in [3.05, 3.63) is 29.3 Å². The van der Waals surface area contributed by atoms with Gasteiger partial charge in [-0.15, -0.1) is 0 Å². The van der Waals surface area contributed by atoms with Crippen molar-refractivity contribution in [2.75, 3.05) is 18.4 Å². The molecule has 0 aromatic heterocycles. The molecule has 1 heterocycles. The summed E-state index contributed by atoms with van der Waals surface area (Å²) in [7, 11) is 0. The van der Waals surface area contributed by atoms with Crippen molar-refractivity contribution in [3.8, 4) is 0 Å². The average molecular weight is 311 g/mol. The SMILES string of the molecule is CC(O)CC1CCCN1CCC(=O)Nc1ccc(Cl)cc1. The Morgan fingerprint density at radius 3 is 2.86 bits per heavy atom. The Bertz CT molecular complexity index is 462. The standard InChI is InChI=1S/C16H23ClN2O2/c1-12(20)11-15-3-2-9-19(15)10-8-16(21)18-14-6-4-13(17)5-7-14/h4-7,12,15,20H,2-3,8-11H2,1H3,(H,18,21). The summed E-state index contributed by atoms with van der Waals surface area (Å²) in [5, 5.41) is 13.0. The van der Waals surface area contributed by atoms with Gasteiger partial charge in [-0.05, 0) is 57.0 Å². The Hall–Kier alpha value is -1.10. The van der Waals surface area contributed by atoms with Crippen LogP contribution in [0.3, 0.4) is 0 Å². The molecule has 5 heteroatoms. The van der Waals surface area contributed by atoms with Crippen LogP contribution in [0.4, 0.5) is 5.69 Å². The Kier molecular flexibility index (Phi) is 6.03. The molecule has 2 atom stereocenters. The molecule has 1 fully saturated rings. The van der Waals surface area contributed by atoms with E-state index in [2.05, 4.69) is 10.2 Å². The van der Waals surface area contributed by atoms with Crippen molar-refractivity contribution in [1.82, 2.24) is 4.90 Å². The molecule has 1 amide bonds. The molecule has 2 unspecified atom stereocenters. The molecule has 0 bridgehead atoms. The first-order valence-corrected chi connectivity index (χ1v) is 7.90. The summed E-state index contributed by atoms with van der Waals surface area (Å²) in [5.74, 6) is 0.0139. The van der Waals surface area contributed by atoms with E-state index in [-0.39, 0.29) is 12.0 Å². The summed E-state index contributed by atoms with van der Waals surface area (Å²) in [5.41, 5.74) is 0.770. The third-order valence-electron chi connectivity index (χ3n) is 3.87. The highest BCUT2D eigenvalue weighted by atomic mass is 35.5. The fourth-order valence-electron chi connectivity index (χ4n) is 2.85. The van der Waals surface area contributed by atoms with E-state index < -0.39 is 0 Å². The topological polar surface area (TPSA) is 52.6 Å². The van der Waals surface area contributed by atoms with Gasteiger partial charge in [0.25, 0.3) is 0 Å². The molecule has 1 aliphatic heterocycles. The molecule has 1 aromatic rings. The fourth-order valence-corrected chi connectivity index (χ4v) is 2.98. The number of rotatable bonds is 6. The van der Waals surface area contributed by atoms with Crippen molar-refractivity contribution in [1.29, 1.82) is 0 Å². The Morgan fingerprint density at radius 2 is 2.19 bits per heavy atom. The molecule has 1 aliphatic rings. The number of nitrogens with one attached hydrogen (secondary N) is 1. The van der Waals surface area contributed by atoms with Crippen LogP contribution >= 0.6 is 11.6 Å².